The van der Waals surface area contributed by atoms with Gasteiger partial charge in [0.2, 0.25) is 0 Å². The molecule has 0 unspecified atom stereocenters. The average Bonchev–Trinajstić information content (AvgIpc) is 2.51. The summed E-state index contributed by atoms with van der Waals surface area (Å²) in [7, 11) is 0. The predicted molar refractivity (Wildman–Crippen MR) is 65.2 cm³/mol. The predicted octanol–water partition coefficient (Wildman–Crippen LogP) is -1.78. The van der Waals surface area contributed by atoms with Crippen molar-refractivity contribution in [2.45, 2.75) is 37.4 Å². The van der Waals surface area contributed by atoms with Crippen LogP contribution in [0.5, 0.6) is 0 Å². The van der Waals surface area contributed by atoms with Gasteiger partial charge in [0, 0.05) is 6.20 Å². The summed E-state index contributed by atoms with van der Waals surface area (Å²) < 4.78 is 6.49. The number of anilines is 1. The molecule has 0 radical (unpaired) electrons. The molecule has 1 fully saturated rings. The third-order valence-electron chi connectivity index (χ3n) is 3.43. The van der Waals surface area contributed by atoms with Crippen LogP contribution in [0.4, 0.5) is 5.82 Å². The van der Waals surface area contributed by atoms with E-state index < -0.39 is 35.8 Å². The highest BCUT2D eigenvalue weighted by Crippen LogP contribution is 2.43. The highest BCUT2D eigenvalue weighted by atomic mass is 16.6. The van der Waals surface area contributed by atoms with Crippen LogP contribution in [0.1, 0.15) is 20.1 Å². The van der Waals surface area contributed by atoms with E-state index in [-0.39, 0.29) is 5.82 Å². The molecule has 0 spiro atoms. The lowest BCUT2D eigenvalue weighted by Crippen LogP contribution is -2.50. The van der Waals surface area contributed by atoms with Gasteiger partial charge in [-0.2, -0.15) is 4.98 Å². The maximum absolute atomic E-state index is 11.8. The van der Waals surface area contributed by atoms with Gasteiger partial charge in [0.1, 0.15) is 23.1 Å². The quantitative estimate of drug-likeness (QED) is 0.500. The normalized spacial score (nSPS) is 38.6. The van der Waals surface area contributed by atoms with Gasteiger partial charge in [-0.05, 0) is 19.9 Å². The number of nitrogens with zero attached hydrogens (tertiary/aromatic N) is 2. The van der Waals surface area contributed by atoms with Crippen molar-refractivity contribution >= 4 is 5.82 Å². The molecular formula is C11H17N3O5. The summed E-state index contributed by atoms with van der Waals surface area (Å²) in [5, 5.41) is 29.7. The Hall–Kier alpha value is -1.48. The first-order valence-corrected chi connectivity index (χ1v) is 5.76. The van der Waals surface area contributed by atoms with Crippen molar-refractivity contribution in [2.75, 3.05) is 12.3 Å². The fourth-order valence-corrected chi connectivity index (χ4v) is 2.26. The van der Waals surface area contributed by atoms with Crippen LogP contribution < -0.4 is 11.4 Å². The first-order valence-electron chi connectivity index (χ1n) is 5.76. The summed E-state index contributed by atoms with van der Waals surface area (Å²) in [6.07, 6.45) is -1.21. The van der Waals surface area contributed by atoms with Gasteiger partial charge in [0.25, 0.3) is 0 Å². The Labute approximate surface area is 109 Å². The standard InChI is InChI=1S/C11H17N3O5/c1-10(5-15)7(16)11(2,18)8(19-10)14-4-3-6(12)13-9(14)17/h3-4,7-8,15-16,18H,5H2,1-2H3,(H2,12,13,17)/t7-,8-,10-,11+/m1/s1. The Morgan fingerprint density at radius 2 is 2.21 bits per heavy atom. The van der Waals surface area contributed by atoms with Crippen molar-refractivity contribution in [3.8, 4) is 0 Å². The van der Waals surface area contributed by atoms with Crippen molar-refractivity contribution in [3.05, 3.63) is 22.7 Å². The smallest absolute Gasteiger partial charge is 0.351 e. The Bertz CT molecular complexity index is 543. The van der Waals surface area contributed by atoms with Crippen LogP contribution in [0.15, 0.2) is 17.1 Å². The molecule has 106 valence electrons. The van der Waals surface area contributed by atoms with E-state index in [9.17, 15) is 20.1 Å². The van der Waals surface area contributed by atoms with Crippen LogP contribution in [0.2, 0.25) is 0 Å². The molecule has 0 saturated carbocycles. The molecule has 8 heteroatoms. The van der Waals surface area contributed by atoms with Crippen LogP contribution in [0.3, 0.4) is 0 Å². The second-order valence-electron chi connectivity index (χ2n) is 5.11. The molecule has 0 aromatic carbocycles. The van der Waals surface area contributed by atoms with Crippen molar-refractivity contribution in [1.29, 1.82) is 0 Å². The molecule has 5 N–H and O–H groups in total. The number of aliphatic hydroxyl groups is 3. The van der Waals surface area contributed by atoms with Gasteiger partial charge < -0.3 is 25.8 Å². The summed E-state index contributed by atoms with van der Waals surface area (Å²) in [4.78, 5) is 15.3. The summed E-state index contributed by atoms with van der Waals surface area (Å²) in [5.41, 5.74) is 1.56. The lowest BCUT2D eigenvalue weighted by atomic mass is 9.89. The van der Waals surface area contributed by atoms with Crippen molar-refractivity contribution < 1.29 is 20.1 Å². The number of hydrogen-bond donors (Lipinski definition) is 4. The maximum atomic E-state index is 11.8. The molecule has 4 atom stereocenters. The first-order chi connectivity index (χ1) is 8.72. The monoisotopic (exact) mass is 271 g/mol. The summed E-state index contributed by atoms with van der Waals surface area (Å²) >= 11 is 0. The molecule has 2 rings (SSSR count). The van der Waals surface area contributed by atoms with Crippen LogP contribution >= 0.6 is 0 Å². The van der Waals surface area contributed by atoms with Gasteiger partial charge in [-0.1, -0.05) is 0 Å². The second-order valence-corrected chi connectivity index (χ2v) is 5.11. The Morgan fingerprint density at radius 3 is 2.68 bits per heavy atom. The van der Waals surface area contributed by atoms with E-state index in [0.29, 0.717) is 0 Å². The molecular weight excluding hydrogens is 254 g/mol. The minimum Gasteiger partial charge on any atom is -0.393 e. The Morgan fingerprint density at radius 1 is 1.58 bits per heavy atom. The minimum atomic E-state index is -1.75. The van der Waals surface area contributed by atoms with E-state index in [2.05, 4.69) is 4.98 Å². The molecule has 0 amide bonds. The third-order valence-corrected chi connectivity index (χ3v) is 3.43. The number of aromatic nitrogens is 2. The number of ether oxygens (including phenoxy) is 1. The molecule has 19 heavy (non-hydrogen) atoms. The second kappa shape index (κ2) is 4.27. The van der Waals surface area contributed by atoms with Crippen LogP contribution in [0, 0.1) is 0 Å². The van der Waals surface area contributed by atoms with Crippen molar-refractivity contribution in [2.24, 2.45) is 0 Å². The number of nitrogen functional groups attached to an aromatic ring is 1. The van der Waals surface area contributed by atoms with Crippen LogP contribution in [0.25, 0.3) is 0 Å². The van der Waals surface area contributed by atoms with Gasteiger partial charge in [0.15, 0.2) is 6.23 Å². The Kier molecular flexibility index (Phi) is 3.13. The summed E-state index contributed by atoms with van der Waals surface area (Å²) in [6.45, 7) is 2.27. The van der Waals surface area contributed by atoms with Gasteiger partial charge in [-0.3, -0.25) is 4.57 Å². The van der Waals surface area contributed by atoms with Gasteiger partial charge in [-0.15, -0.1) is 0 Å². The SMILES string of the molecule is C[C@@]1(O)[C@H](n2ccc(N)nc2=O)O[C@](C)(CO)[C@H]1O. The third kappa shape index (κ3) is 2.02. The van der Waals surface area contributed by atoms with Gasteiger partial charge >= 0.3 is 5.69 Å². The lowest BCUT2D eigenvalue weighted by Gasteiger charge is -2.28. The number of rotatable bonds is 2. The summed E-state index contributed by atoms with van der Waals surface area (Å²) in [6, 6.07) is 1.38. The van der Waals surface area contributed by atoms with Crippen molar-refractivity contribution in [3.63, 3.8) is 0 Å². The average molecular weight is 271 g/mol. The van der Waals surface area contributed by atoms with E-state index in [4.69, 9.17) is 10.5 Å². The topological polar surface area (TPSA) is 131 Å². The Balaban J connectivity index is 2.48. The van der Waals surface area contributed by atoms with E-state index in [1.54, 1.807) is 0 Å². The molecule has 1 aromatic rings. The molecule has 1 aromatic heterocycles. The molecule has 0 bridgehead atoms. The zero-order valence-electron chi connectivity index (χ0n) is 10.6. The molecule has 0 aliphatic carbocycles. The largest absolute Gasteiger partial charge is 0.393 e. The first kappa shape index (κ1) is 13.9. The highest BCUT2D eigenvalue weighted by molar-refractivity contribution is 5.24. The number of hydrogen-bond acceptors (Lipinski definition) is 7. The lowest BCUT2D eigenvalue weighted by molar-refractivity contribution is -0.122. The number of nitrogens with two attached hydrogens (primary N) is 1. The highest BCUT2D eigenvalue weighted by Gasteiger charge is 2.59. The molecule has 2 heterocycles. The number of aliphatic hydroxyl groups excluding tert-OH is 2. The van der Waals surface area contributed by atoms with Gasteiger partial charge in [0.05, 0.1) is 6.61 Å². The van der Waals surface area contributed by atoms with Crippen molar-refractivity contribution in [1.82, 2.24) is 9.55 Å². The van der Waals surface area contributed by atoms with E-state index in [1.807, 2.05) is 0 Å². The minimum absolute atomic E-state index is 0.0457. The zero-order chi connectivity index (χ0) is 14.4. The molecule has 8 nitrogen and oxygen atoms in total. The van der Waals surface area contributed by atoms with E-state index >= 15 is 0 Å². The van der Waals surface area contributed by atoms with Crippen LogP contribution in [-0.2, 0) is 4.74 Å². The molecule has 1 aliphatic heterocycles. The fourth-order valence-electron chi connectivity index (χ4n) is 2.26. The fraction of sp³-hybridized carbons (Fsp3) is 0.636. The van der Waals surface area contributed by atoms with Crippen LogP contribution in [-0.4, -0.2) is 48.8 Å². The molecule has 1 saturated heterocycles. The van der Waals surface area contributed by atoms with E-state index in [0.717, 1.165) is 4.57 Å². The molecule has 1 aliphatic rings. The maximum Gasteiger partial charge on any atom is 0.351 e. The summed E-state index contributed by atoms with van der Waals surface area (Å²) in [5.74, 6) is 0.0457. The van der Waals surface area contributed by atoms with E-state index in [1.165, 1.54) is 26.1 Å². The zero-order valence-corrected chi connectivity index (χ0v) is 10.6. The van der Waals surface area contributed by atoms with Gasteiger partial charge in [-0.25, -0.2) is 4.79 Å².